The molecule has 1 aliphatic rings. The maximum Gasteiger partial charge on any atom is 0.133 e. The second-order valence-corrected chi connectivity index (χ2v) is 7.27. The van der Waals surface area contributed by atoms with Crippen LogP contribution in [0.15, 0.2) is 35.3 Å². The molecule has 4 rings (SSSR count). The number of thiophene rings is 1. The first-order chi connectivity index (χ1) is 10.3. The summed E-state index contributed by atoms with van der Waals surface area (Å²) >= 11 is 3.49. The van der Waals surface area contributed by atoms with Crippen molar-refractivity contribution in [1.29, 1.82) is 0 Å². The van der Waals surface area contributed by atoms with Crippen molar-refractivity contribution in [3.8, 4) is 9.88 Å². The maximum absolute atomic E-state index is 4.74. The van der Waals surface area contributed by atoms with Crippen molar-refractivity contribution in [1.82, 2.24) is 19.7 Å². The van der Waals surface area contributed by atoms with Crippen LogP contribution in [0.2, 0.25) is 0 Å². The monoisotopic (exact) mass is 316 g/mol. The largest absolute Gasteiger partial charge is 0.293 e. The molecule has 0 aliphatic carbocycles. The van der Waals surface area contributed by atoms with E-state index in [1.165, 1.54) is 16.1 Å². The quantitative estimate of drug-likeness (QED) is 0.739. The number of aromatic nitrogens is 3. The van der Waals surface area contributed by atoms with Gasteiger partial charge in [0.15, 0.2) is 0 Å². The molecular weight excluding hydrogens is 300 g/mol. The molecule has 0 radical (unpaired) electrons. The highest BCUT2D eigenvalue weighted by Crippen LogP contribution is 2.29. The number of hydrogen-bond acceptors (Lipinski definition) is 5. The summed E-state index contributed by atoms with van der Waals surface area (Å²) in [6.07, 6.45) is 4.05. The summed E-state index contributed by atoms with van der Waals surface area (Å²) in [5.74, 6) is 0. The predicted octanol–water partition coefficient (Wildman–Crippen LogP) is 3.43. The molecule has 0 spiro atoms. The van der Waals surface area contributed by atoms with Crippen LogP contribution >= 0.6 is 22.7 Å². The van der Waals surface area contributed by atoms with E-state index in [4.69, 9.17) is 4.98 Å². The molecule has 0 aromatic carbocycles. The van der Waals surface area contributed by atoms with Crippen molar-refractivity contribution in [2.45, 2.75) is 19.5 Å². The Bertz CT molecular complexity index is 723. The molecule has 0 saturated carbocycles. The smallest absolute Gasteiger partial charge is 0.133 e. The van der Waals surface area contributed by atoms with Crippen LogP contribution in [-0.2, 0) is 6.54 Å². The van der Waals surface area contributed by atoms with Gasteiger partial charge in [-0.15, -0.1) is 22.7 Å². The molecule has 0 atom stereocenters. The molecule has 3 aromatic rings. The number of aryl methyl sites for hydroxylation is 1. The van der Waals surface area contributed by atoms with Crippen LogP contribution in [0.25, 0.3) is 9.88 Å². The van der Waals surface area contributed by atoms with E-state index in [-0.39, 0.29) is 0 Å². The molecule has 6 heteroatoms. The van der Waals surface area contributed by atoms with Crippen LogP contribution in [0.4, 0.5) is 0 Å². The molecule has 108 valence electrons. The highest BCUT2D eigenvalue weighted by molar-refractivity contribution is 7.20. The Hall–Kier alpha value is -1.50. The van der Waals surface area contributed by atoms with Crippen LogP contribution < -0.4 is 0 Å². The van der Waals surface area contributed by atoms with Gasteiger partial charge in [0.05, 0.1) is 22.8 Å². The third-order valence-corrected chi connectivity index (χ3v) is 5.64. The summed E-state index contributed by atoms with van der Waals surface area (Å²) in [6, 6.07) is 4.73. The van der Waals surface area contributed by atoms with Crippen molar-refractivity contribution in [3.05, 3.63) is 46.5 Å². The third-order valence-electron chi connectivity index (χ3n) is 3.71. The van der Waals surface area contributed by atoms with Gasteiger partial charge >= 0.3 is 0 Å². The van der Waals surface area contributed by atoms with E-state index in [0.717, 1.165) is 24.6 Å². The average Bonchev–Trinajstić information content (AvgIpc) is 3.14. The molecule has 1 aliphatic heterocycles. The van der Waals surface area contributed by atoms with Crippen LogP contribution in [0, 0.1) is 6.92 Å². The maximum atomic E-state index is 4.74. The second kappa shape index (κ2) is 5.36. The minimum atomic E-state index is 0.522. The first kappa shape index (κ1) is 13.2. The minimum absolute atomic E-state index is 0.522. The molecule has 3 aromatic heterocycles. The van der Waals surface area contributed by atoms with Gasteiger partial charge in [0.25, 0.3) is 0 Å². The first-order valence-corrected chi connectivity index (χ1v) is 8.75. The van der Waals surface area contributed by atoms with Gasteiger partial charge in [0, 0.05) is 31.2 Å². The van der Waals surface area contributed by atoms with Crippen LogP contribution in [0.3, 0.4) is 0 Å². The molecule has 0 amide bonds. The summed E-state index contributed by atoms with van der Waals surface area (Å²) in [4.78, 5) is 8.43. The topological polar surface area (TPSA) is 34.0 Å². The number of rotatable bonds is 4. The number of hydrogen-bond donors (Lipinski definition) is 0. The Morgan fingerprint density at radius 3 is 2.95 bits per heavy atom. The van der Waals surface area contributed by atoms with Crippen LogP contribution in [-0.4, -0.2) is 32.8 Å². The zero-order valence-corrected chi connectivity index (χ0v) is 13.4. The summed E-state index contributed by atoms with van der Waals surface area (Å²) in [7, 11) is 0. The van der Waals surface area contributed by atoms with Gasteiger partial charge in [-0.25, -0.2) is 4.98 Å². The van der Waals surface area contributed by atoms with E-state index in [2.05, 4.69) is 50.7 Å². The number of thiazole rings is 1. The van der Waals surface area contributed by atoms with E-state index in [0.29, 0.717) is 6.04 Å². The standard InChI is InChI=1S/C15H16N4S2/c1-11-5-16-19(6-11)13-8-18(9-13)7-12-10-21-15(17-12)14-3-2-4-20-14/h2-6,10,13H,7-9H2,1H3. The Balaban J connectivity index is 1.36. The Morgan fingerprint density at radius 1 is 1.33 bits per heavy atom. The molecule has 0 bridgehead atoms. The normalized spacial score (nSPS) is 16.2. The lowest BCUT2D eigenvalue weighted by atomic mass is 10.1. The number of likely N-dealkylation sites (tertiary alicyclic amines) is 1. The van der Waals surface area contributed by atoms with E-state index in [1.807, 2.05) is 6.20 Å². The first-order valence-electron chi connectivity index (χ1n) is 6.99. The molecule has 1 fully saturated rings. The van der Waals surface area contributed by atoms with Gasteiger partial charge in [-0.3, -0.25) is 9.58 Å². The summed E-state index contributed by atoms with van der Waals surface area (Å²) < 4.78 is 2.09. The van der Waals surface area contributed by atoms with Crippen molar-refractivity contribution in [2.75, 3.05) is 13.1 Å². The summed E-state index contributed by atoms with van der Waals surface area (Å²) in [5, 5.41) is 9.81. The Kier molecular flexibility index (Phi) is 3.37. The fraction of sp³-hybridized carbons (Fsp3) is 0.333. The molecule has 4 nitrogen and oxygen atoms in total. The van der Waals surface area contributed by atoms with Gasteiger partial charge in [-0.2, -0.15) is 5.10 Å². The fourth-order valence-corrected chi connectivity index (χ4v) is 4.22. The van der Waals surface area contributed by atoms with Crippen LogP contribution in [0.1, 0.15) is 17.3 Å². The van der Waals surface area contributed by atoms with E-state index < -0.39 is 0 Å². The highest BCUT2D eigenvalue weighted by atomic mass is 32.1. The van der Waals surface area contributed by atoms with Gasteiger partial charge in [-0.05, 0) is 23.9 Å². The van der Waals surface area contributed by atoms with Crippen molar-refractivity contribution in [3.63, 3.8) is 0 Å². The second-order valence-electron chi connectivity index (χ2n) is 5.47. The zero-order valence-electron chi connectivity index (χ0n) is 11.8. The highest BCUT2D eigenvalue weighted by Gasteiger charge is 2.29. The minimum Gasteiger partial charge on any atom is -0.293 e. The van der Waals surface area contributed by atoms with E-state index >= 15 is 0 Å². The Labute approximate surface area is 131 Å². The van der Waals surface area contributed by atoms with Gasteiger partial charge < -0.3 is 0 Å². The number of nitrogens with zero attached hydrogens (tertiary/aromatic N) is 4. The predicted molar refractivity (Wildman–Crippen MR) is 86.7 cm³/mol. The Morgan fingerprint density at radius 2 is 2.24 bits per heavy atom. The van der Waals surface area contributed by atoms with Crippen molar-refractivity contribution in [2.24, 2.45) is 0 Å². The van der Waals surface area contributed by atoms with E-state index in [9.17, 15) is 0 Å². The molecule has 1 saturated heterocycles. The molecule has 4 heterocycles. The fourth-order valence-electron chi connectivity index (χ4n) is 2.59. The zero-order chi connectivity index (χ0) is 14.2. The lowest BCUT2D eigenvalue weighted by Crippen LogP contribution is -2.47. The van der Waals surface area contributed by atoms with Gasteiger partial charge in [-0.1, -0.05) is 6.07 Å². The third kappa shape index (κ3) is 2.66. The average molecular weight is 316 g/mol. The molecule has 21 heavy (non-hydrogen) atoms. The SMILES string of the molecule is Cc1cnn(C2CN(Cc3csc(-c4cccs4)n3)C2)c1. The molecular formula is C15H16N4S2. The van der Waals surface area contributed by atoms with Crippen molar-refractivity contribution < 1.29 is 0 Å². The molecule has 0 unspecified atom stereocenters. The summed E-state index contributed by atoms with van der Waals surface area (Å²) in [5.41, 5.74) is 2.41. The van der Waals surface area contributed by atoms with Gasteiger partial charge in [0.2, 0.25) is 0 Å². The van der Waals surface area contributed by atoms with Crippen LogP contribution in [0.5, 0.6) is 0 Å². The summed E-state index contributed by atoms with van der Waals surface area (Å²) in [6.45, 7) is 5.15. The van der Waals surface area contributed by atoms with Crippen molar-refractivity contribution >= 4 is 22.7 Å². The van der Waals surface area contributed by atoms with E-state index in [1.54, 1.807) is 22.7 Å². The van der Waals surface area contributed by atoms with Gasteiger partial charge in [0.1, 0.15) is 5.01 Å². The lowest BCUT2D eigenvalue weighted by molar-refractivity contribution is 0.0897. The lowest BCUT2D eigenvalue weighted by Gasteiger charge is -2.38. The molecule has 0 N–H and O–H groups in total.